The van der Waals surface area contributed by atoms with Gasteiger partial charge < -0.3 is 5.73 Å². The van der Waals surface area contributed by atoms with Crippen molar-refractivity contribution in [2.45, 2.75) is 57.7 Å². The maximum Gasteiger partial charge on any atom is 0.0406 e. The molecule has 2 nitrogen and oxygen atoms in total. The molecule has 3 unspecified atom stereocenters. The van der Waals surface area contributed by atoms with Gasteiger partial charge in [-0.05, 0) is 43.9 Å². The molecule has 106 valence electrons. The molecule has 0 aromatic heterocycles. The van der Waals surface area contributed by atoms with E-state index in [0.717, 1.165) is 18.0 Å². The molecule has 0 spiro atoms. The summed E-state index contributed by atoms with van der Waals surface area (Å²) in [6, 6.07) is 9.89. The average Bonchev–Trinajstić information content (AvgIpc) is 2.43. The van der Waals surface area contributed by atoms with E-state index < -0.39 is 0 Å². The van der Waals surface area contributed by atoms with Gasteiger partial charge >= 0.3 is 0 Å². The molecule has 1 fully saturated rings. The minimum absolute atomic E-state index is 0.459. The molecule has 0 radical (unpaired) electrons. The Morgan fingerprint density at radius 2 is 2.00 bits per heavy atom. The third kappa shape index (κ3) is 3.31. The molecule has 1 saturated heterocycles. The van der Waals surface area contributed by atoms with Gasteiger partial charge in [-0.3, -0.25) is 4.90 Å². The van der Waals surface area contributed by atoms with Crippen LogP contribution in [0.15, 0.2) is 24.3 Å². The molecule has 0 amide bonds. The zero-order valence-corrected chi connectivity index (χ0v) is 12.7. The second kappa shape index (κ2) is 6.74. The fraction of sp³-hybridized carbons (Fsp3) is 0.625. The van der Waals surface area contributed by atoms with Gasteiger partial charge in [0.25, 0.3) is 0 Å². The first-order valence-corrected chi connectivity index (χ1v) is 7.78. The molecule has 19 heavy (non-hydrogen) atoms. The van der Waals surface area contributed by atoms with Crippen LogP contribution in [0.1, 0.15) is 51.1 Å². The highest BCUT2D eigenvalue weighted by Gasteiger charge is 2.32. The number of likely N-dealkylation sites (tertiary alicyclic amines) is 1. The molecule has 0 aliphatic carbocycles. The largest absolute Gasteiger partial charge is 0.329 e. The van der Waals surface area contributed by atoms with Gasteiger partial charge in [-0.1, -0.05) is 37.1 Å². The lowest BCUT2D eigenvalue weighted by atomic mass is 9.91. The summed E-state index contributed by atoms with van der Waals surface area (Å²) in [5, 5.41) is 0.806. The molecule has 1 aliphatic rings. The summed E-state index contributed by atoms with van der Waals surface area (Å²) in [6.45, 7) is 5.35. The minimum Gasteiger partial charge on any atom is -0.329 e. The Labute approximate surface area is 121 Å². The van der Waals surface area contributed by atoms with E-state index in [2.05, 4.69) is 30.9 Å². The number of rotatable bonds is 4. The van der Waals surface area contributed by atoms with Crippen LogP contribution in [0.3, 0.4) is 0 Å². The first kappa shape index (κ1) is 14.8. The lowest BCUT2D eigenvalue weighted by Gasteiger charge is -2.45. The Morgan fingerprint density at radius 3 is 2.58 bits per heavy atom. The Kier molecular flexibility index (Phi) is 5.26. The van der Waals surface area contributed by atoms with E-state index in [1.807, 2.05) is 12.1 Å². The van der Waals surface area contributed by atoms with Crippen LogP contribution in [0, 0.1) is 0 Å². The van der Waals surface area contributed by atoms with Crippen molar-refractivity contribution in [3.05, 3.63) is 34.9 Å². The molecule has 3 atom stereocenters. The minimum atomic E-state index is 0.459. The monoisotopic (exact) mass is 280 g/mol. The van der Waals surface area contributed by atoms with Crippen LogP contribution in [0.5, 0.6) is 0 Å². The predicted octanol–water partition coefficient (Wildman–Crippen LogP) is 3.99. The molecule has 2 N–H and O–H groups in total. The topological polar surface area (TPSA) is 29.3 Å². The Hall–Kier alpha value is -0.570. The highest BCUT2D eigenvalue weighted by Crippen LogP contribution is 2.34. The third-order valence-electron chi connectivity index (χ3n) is 4.36. The highest BCUT2D eigenvalue weighted by atomic mass is 35.5. The van der Waals surface area contributed by atoms with Crippen LogP contribution >= 0.6 is 11.6 Å². The van der Waals surface area contributed by atoms with Crippen LogP contribution in [0.2, 0.25) is 5.02 Å². The number of nitrogens with two attached hydrogens (primary N) is 1. The number of hydrogen-bond donors (Lipinski definition) is 1. The van der Waals surface area contributed by atoms with Crippen LogP contribution in [-0.4, -0.2) is 23.5 Å². The molecule has 3 heteroatoms. The van der Waals surface area contributed by atoms with E-state index >= 15 is 0 Å². The Bertz CT molecular complexity index is 390. The zero-order chi connectivity index (χ0) is 13.8. The van der Waals surface area contributed by atoms with Gasteiger partial charge in [0.15, 0.2) is 0 Å². The van der Waals surface area contributed by atoms with E-state index in [-0.39, 0.29) is 0 Å². The summed E-state index contributed by atoms with van der Waals surface area (Å²) >= 11 is 6.00. The van der Waals surface area contributed by atoms with E-state index in [1.54, 1.807) is 0 Å². The first-order chi connectivity index (χ1) is 9.17. The molecular weight excluding hydrogens is 256 g/mol. The summed E-state index contributed by atoms with van der Waals surface area (Å²) in [6.07, 6.45) is 4.92. The summed E-state index contributed by atoms with van der Waals surface area (Å²) in [7, 11) is 0. The summed E-state index contributed by atoms with van der Waals surface area (Å²) in [4.78, 5) is 2.63. The van der Waals surface area contributed by atoms with Crippen molar-refractivity contribution in [1.82, 2.24) is 4.90 Å². The lowest BCUT2D eigenvalue weighted by Crippen LogP contribution is -2.50. The predicted molar refractivity (Wildman–Crippen MR) is 82.5 cm³/mol. The molecule has 1 heterocycles. The smallest absolute Gasteiger partial charge is 0.0406 e. The van der Waals surface area contributed by atoms with Crippen molar-refractivity contribution in [2.75, 3.05) is 6.54 Å². The average molecular weight is 281 g/mol. The van der Waals surface area contributed by atoms with E-state index in [9.17, 15) is 0 Å². The van der Waals surface area contributed by atoms with Crippen molar-refractivity contribution in [3.63, 3.8) is 0 Å². The molecule has 1 aromatic rings. The fourth-order valence-corrected chi connectivity index (χ4v) is 3.54. The number of nitrogens with zero attached hydrogens (tertiary/aromatic N) is 1. The standard InChI is InChI=1S/C16H25ClN2/c1-3-16(13-7-9-14(17)10-8-13)19-12(2)5-4-6-15(19)11-18/h7-10,12,15-16H,3-6,11,18H2,1-2H3. The van der Waals surface area contributed by atoms with Crippen LogP contribution < -0.4 is 5.73 Å². The van der Waals surface area contributed by atoms with Crippen molar-refractivity contribution < 1.29 is 0 Å². The summed E-state index contributed by atoms with van der Waals surface area (Å²) in [5.74, 6) is 0. The number of benzene rings is 1. The highest BCUT2D eigenvalue weighted by molar-refractivity contribution is 6.30. The van der Waals surface area contributed by atoms with Gasteiger partial charge in [0.1, 0.15) is 0 Å². The molecular formula is C16H25ClN2. The second-order valence-corrected chi connectivity index (χ2v) is 6.03. The summed E-state index contributed by atoms with van der Waals surface area (Å²) in [5.41, 5.74) is 7.35. The Morgan fingerprint density at radius 1 is 1.32 bits per heavy atom. The van der Waals surface area contributed by atoms with Crippen molar-refractivity contribution >= 4 is 11.6 Å². The fourth-order valence-electron chi connectivity index (χ4n) is 3.41. The maximum absolute atomic E-state index is 6.00. The van der Waals surface area contributed by atoms with Crippen LogP contribution in [0.4, 0.5) is 0 Å². The van der Waals surface area contributed by atoms with E-state index in [4.69, 9.17) is 17.3 Å². The molecule has 0 saturated carbocycles. The number of halogens is 1. The van der Waals surface area contributed by atoms with Gasteiger partial charge in [0.2, 0.25) is 0 Å². The number of hydrogen-bond acceptors (Lipinski definition) is 2. The van der Waals surface area contributed by atoms with E-state index in [0.29, 0.717) is 18.1 Å². The summed E-state index contributed by atoms with van der Waals surface area (Å²) < 4.78 is 0. The molecule has 2 rings (SSSR count). The van der Waals surface area contributed by atoms with Gasteiger partial charge in [0, 0.05) is 29.7 Å². The normalized spacial score (nSPS) is 26.3. The first-order valence-electron chi connectivity index (χ1n) is 7.40. The van der Waals surface area contributed by atoms with Crippen molar-refractivity contribution in [1.29, 1.82) is 0 Å². The molecule has 1 aromatic carbocycles. The third-order valence-corrected chi connectivity index (χ3v) is 4.62. The van der Waals surface area contributed by atoms with Gasteiger partial charge in [-0.2, -0.15) is 0 Å². The van der Waals surface area contributed by atoms with Crippen LogP contribution in [-0.2, 0) is 0 Å². The van der Waals surface area contributed by atoms with Crippen molar-refractivity contribution in [3.8, 4) is 0 Å². The SMILES string of the molecule is CCC(c1ccc(Cl)cc1)N1C(C)CCCC1CN. The van der Waals surface area contributed by atoms with Crippen molar-refractivity contribution in [2.24, 2.45) is 5.73 Å². The second-order valence-electron chi connectivity index (χ2n) is 5.59. The van der Waals surface area contributed by atoms with Gasteiger partial charge in [0.05, 0.1) is 0 Å². The van der Waals surface area contributed by atoms with Crippen LogP contribution in [0.25, 0.3) is 0 Å². The molecule has 0 bridgehead atoms. The Balaban J connectivity index is 2.25. The van der Waals surface area contributed by atoms with E-state index in [1.165, 1.54) is 24.8 Å². The zero-order valence-electron chi connectivity index (χ0n) is 12.0. The van der Waals surface area contributed by atoms with Gasteiger partial charge in [-0.15, -0.1) is 0 Å². The maximum atomic E-state index is 6.00. The number of piperidine rings is 1. The lowest BCUT2D eigenvalue weighted by molar-refractivity contribution is 0.0472. The van der Waals surface area contributed by atoms with Gasteiger partial charge in [-0.25, -0.2) is 0 Å². The quantitative estimate of drug-likeness (QED) is 0.903. The molecule has 1 aliphatic heterocycles.